The molecular formula is C46H45Cl5K2N2O11S4. The second kappa shape index (κ2) is 35.1. The number of halogens is 5. The Bertz CT molecular complexity index is 2620. The molecule has 4 aromatic carbocycles. The van der Waals surface area contributed by atoms with Crippen LogP contribution < -0.4 is 108 Å². The number of benzene rings is 4. The third-order valence-electron chi connectivity index (χ3n) is 9.49. The molecule has 4 heterocycles. The van der Waals surface area contributed by atoms with Crippen LogP contribution in [0.4, 0.5) is 0 Å². The van der Waals surface area contributed by atoms with Crippen LogP contribution in [-0.4, -0.2) is 66.7 Å². The van der Waals surface area contributed by atoms with Gasteiger partial charge in [0.25, 0.3) is 6.47 Å². The van der Waals surface area contributed by atoms with Crippen LogP contribution in [0.15, 0.2) is 81.6 Å². The Morgan fingerprint density at radius 2 is 1.13 bits per heavy atom. The van der Waals surface area contributed by atoms with E-state index in [1.807, 2.05) is 43.2 Å². The Morgan fingerprint density at radius 1 is 0.700 bits per heavy atom. The van der Waals surface area contributed by atoms with Gasteiger partial charge in [0.1, 0.15) is 11.0 Å². The van der Waals surface area contributed by atoms with Crippen molar-refractivity contribution >= 4 is 153 Å². The molecule has 0 spiro atoms. The van der Waals surface area contributed by atoms with Gasteiger partial charge in [-0.2, -0.15) is 0 Å². The summed E-state index contributed by atoms with van der Waals surface area (Å²) in [6.45, 7) is -0.181. The summed E-state index contributed by atoms with van der Waals surface area (Å²) in [6.07, 6.45) is 9.50. The van der Waals surface area contributed by atoms with Gasteiger partial charge < -0.3 is 30.2 Å². The number of hydrogen-bond donors (Lipinski definition) is 1. The molecule has 2 aromatic heterocycles. The molecule has 13 nitrogen and oxygen atoms in total. The number of ether oxygens (including phenoxy) is 1. The Hall–Kier alpha value is -0.347. The number of oxazole rings is 2. The van der Waals surface area contributed by atoms with E-state index in [1.165, 1.54) is 49.0 Å². The third-order valence-corrected chi connectivity index (χ3v) is 16.6. The molecule has 2 atom stereocenters. The van der Waals surface area contributed by atoms with E-state index in [0.717, 1.165) is 37.4 Å². The number of carbonyl (C=O) groups excluding carboxylic acids is 4. The maximum absolute atomic E-state index is 12.4. The van der Waals surface area contributed by atoms with Crippen LogP contribution in [0.1, 0.15) is 93.8 Å². The summed E-state index contributed by atoms with van der Waals surface area (Å²) < 4.78 is 16.3. The smallest absolute Gasteiger partial charge is 1.00 e. The maximum atomic E-state index is 12.4. The van der Waals surface area contributed by atoms with E-state index in [1.54, 1.807) is 54.6 Å². The van der Waals surface area contributed by atoms with Gasteiger partial charge in [0, 0.05) is 66.1 Å². The molecule has 2 aliphatic heterocycles. The van der Waals surface area contributed by atoms with Crippen molar-refractivity contribution in [3.8, 4) is 22.9 Å². The van der Waals surface area contributed by atoms with Gasteiger partial charge in [-0.1, -0.05) is 110 Å². The first kappa shape index (κ1) is 65.8. The first-order chi connectivity index (χ1) is 32.2. The molecule has 2 aliphatic rings. The Balaban J connectivity index is 0.000000543. The number of carboxylic acids is 1. The molecule has 0 radical (unpaired) electrons. The zero-order valence-electron chi connectivity index (χ0n) is 38.1. The SMILES string of the molecule is C.O=C(CCCC[C@@H]1CCSS1)OC(=O)c1ccc2nc(-c3cc(Cl)cc(Cl)c3)oc2c1.O=C(Cl)CCCC[C@@H]1CCSS1.O=C(O)c1ccc2nc(-c3cc(Cl)cc(Cl)c3)oc2c1.O=CO[O-].[H-].[K+].[K+]. The van der Waals surface area contributed by atoms with Gasteiger partial charge in [-0.15, -0.1) is 0 Å². The van der Waals surface area contributed by atoms with Gasteiger partial charge in [0.2, 0.25) is 17.0 Å². The van der Waals surface area contributed by atoms with Crippen molar-refractivity contribution in [3.63, 3.8) is 0 Å². The average Bonchev–Trinajstić information content (AvgIpc) is 4.14. The molecule has 0 unspecified atom stereocenters. The van der Waals surface area contributed by atoms with Crippen LogP contribution in [-0.2, 0) is 24.0 Å². The summed E-state index contributed by atoms with van der Waals surface area (Å²) in [5.74, 6) is 0.950. The first-order valence-corrected chi connectivity index (χ1v) is 27.1. The fourth-order valence-electron chi connectivity index (χ4n) is 6.33. The van der Waals surface area contributed by atoms with E-state index in [0.29, 0.717) is 76.9 Å². The summed E-state index contributed by atoms with van der Waals surface area (Å²) in [5, 5.41) is 20.6. The predicted molar refractivity (Wildman–Crippen MR) is 276 cm³/mol. The molecule has 366 valence electrons. The van der Waals surface area contributed by atoms with Crippen LogP contribution in [0.3, 0.4) is 0 Å². The second-order valence-corrected chi connectivity index (χ2v) is 22.2. The third kappa shape index (κ3) is 22.9. The van der Waals surface area contributed by atoms with Crippen molar-refractivity contribution in [1.82, 2.24) is 9.97 Å². The Labute approximate surface area is 532 Å². The molecular weight excluding hydrogens is 1140 g/mol. The minimum absolute atomic E-state index is 0. The molecule has 24 heteroatoms. The van der Waals surface area contributed by atoms with Crippen molar-refractivity contribution in [2.24, 2.45) is 0 Å². The number of rotatable bonds is 15. The number of esters is 2. The number of nitrogens with zero attached hydrogens (tertiary/aromatic N) is 2. The number of aromatic carboxylic acids is 1. The second-order valence-electron chi connectivity index (χ2n) is 14.5. The summed E-state index contributed by atoms with van der Waals surface area (Å²) in [6, 6.07) is 19.2. The summed E-state index contributed by atoms with van der Waals surface area (Å²) in [4.78, 5) is 65.6. The standard InChI is InChI=1S/C22H19Cl2NO4S2.C14H7Cl2NO3.C8H13ClOS2.CH2O3.CH4.2K.H/c23-15-9-14(10-16(24)12-15)21-25-18-6-5-13(11-19(18)28-21)22(27)29-20(26)4-2-1-3-17-7-8-30-31-17;15-9-3-8(4-10(16)6-9)13-17-11-2-1-7(14(18)19)5-12(11)20-13;9-8(10)4-2-1-3-7-5-6-11-12-7;2-1-4-3;;;;/h5-6,9-12,17H,1-4,7-8H2;1-6H,(H,18,19);7H,1-6H2;1,3H;1H4;;;/q;;;;;2*+1;-1/p-1/t17-;;7-;;;;;/m1.1...../s1. The number of fused-ring (bicyclic) bond motifs is 2. The van der Waals surface area contributed by atoms with E-state index < -0.39 is 17.9 Å². The Kier molecular flexibility index (Phi) is 33.0. The molecule has 0 saturated carbocycles. The van der Waals surface area contributed by atoms with Crippen molar-refractivity contribution in [1.29, 1.82) is 0 Å². The topological polar surface area (TPSA) is 199 Å². The van der Waals surface area contributed by atoms with Crippen molar-refractivity contribution < 1.29 is 157 Å². The molecule has 0 bridgehead atoms. The van der Waals surface area contributed by atoms with Crippen LogP contribution >= 0.6 is 101 Å². The largest absolute Gasteiger partial charge is 1.00 e. The van der Waals surface area contributed by atoms with E-state index in [9.17, 15) is 19.2 Å². The van der Waals surface area contributed by atoms with Crippen LogP contribution in [0.25, 0.3) is 45.1 Å². The molecule has 6 aromatic rings. The number of hydrogen-bond acceptors (Lipinski definition) is 16. The van der Waals surface area contributed by atoms with Gasteiger partial charge in [-0.3, -0.25) is 14.4 Å². The zero-order valence-corrected chi connectivity index (χ0v) is 50.4. The van der Waals surface area contributed by atoms with Gasteiger partial charge in [-0.05, 0) is 123 Å². The fraction of sp³-hybridized carbons (Fsp3) is 0.326. The molecule has 1 N–H and O–H groups in total. The van der Waals surface area contributed by atoms with Crippen molar-refractivity contribution in [2.75, 3.05) is 11.5 Å². The summed E-state index contributed by atoms with van der Waals surface area (Å²) in [7, 11) is 7.81. The van der Waals surface area contributed by atoms with Gasteiger partial charge >= 0.3 is 121 Å². The fourth-order valence-corrected chi connectivity index (χ4v) is 13.6. The monoisotopic (exact) mass is 1180 g/mol. The van der Waals surface area contributed by atoms with Gasteiger partial charge in [0.05, 0.1) is 11.1 Å². The van der Waals surface area contributed by atoms with Crippen LogP contribution in [0, 0.1) is 0 Å². The summed E-state index contributed by atoms with van der Waals surface area (Å²) in [5.41, 5.74) is 3.57. The minimum Gasteiger partial charge on any atom is -1.00 e. The minimum atomic E-state index is -1.02. The molecule has 2 saturated heterocycles. The molecule has 70 heavy (non-hydrogen) atoms. The quantitative estimate of drug-likeness (QED) is 0.0118. The molecule has 8 rings (SSSR count). The van der Waals surface area contributed by atoms with Crippen molar-refractivity contribution in [2.45, 2.75) is 82.1 Å². The van der Waals surface area contributed by atoms with Crippen LogP contribution in [0.2, 0.25) is 20.1 Å². The first-order valence-electron chi connectivity index (χ1n) is 20.4. The number of carbonyl (C=O) groups is 5. The molecule has 0 amide bonds. The van der Waals surface area contributed by atoms with E-state index >= 15 is 0 Å². The van der Waals surface area contributed by atoms with Gasteiger partial charge in [0.15, 0.2) is 11.2 Å². The van der Waals surface area contributed by atoms with E-state index in [-0.39, 0.29) is 141 Å². The molecule has 2 fully saturated rings. The summed E-state index contributed by atoms with van der Waals surface area (Å²) >= 11 is 29.2. The van der Waals surface area contributed by atoms with E-state index in [4.69, 9.17) is 86.7 Å². The zero-order chi connectivity index (χ0) is 48.3. The average molecular weight is 1190 g/mol. The van der Waals surface area contributed by atoms with Gasteiger partial charge in [-0.25, -0.2) is 19.6 Å². The number of carboxylic acid groups (broad SMARTS) is 1. The predicted octanol–water partition coefficient (Wildman–Crippen LogP) is 8.36. The molecule has 0 aliphatic carbocycles. The van der Waals surface area contributed by atoms with Crippen LogP contribution in [0.5, 0.6) is 0 Å². The van der Waals surface area contributed by atoms with Crippen molar-refractivity contribution in [3.05, 3.63) is 104 Å². The number of aromatic nitrogens is 2. The number of unbranched alkanes of at least 4 members (excludes halogenated alkanes) is 2. The normalized spacial score (nSPS) is 14.4. The maximum Gasteiger partial charge on any atom is 1.00 e. The Morgan fingerprint density at radius 3 is 1.53 bits per heavy atom. The van der Waals surface area contributed by atoms with E-state index in [2.05, 4.69) is 14.9 Å².